The van der Waals surface area contributed by atoms with Crippen LogP contribution in [0.4, 0.5) is 0 Å². The zero-order valence-electron chi connectivity index (χ0n) is 8.38. The van der Waals surface area contributed by atoms with Gasteiger partial charge in [0.05, 0.1) is 12.4 Å². The standard InChI is InChI=1S/C8H19NO3S/c1-3-7-13(10,11)8-5-9-4-6-12-2/h9H,3-8H2,1-2H3. The van der Waals surface area contributed by atoms with E-state index in [0.717, 1.165) is 0 Å². The first kappa shape index (κ1) is 12.9. The third kappa shape index (κ3) is 8.21. The van der Waals surface area contributed by atoms with Crippen LogP contribution in [0.2, 0.25) is 0 Å². The van der Waals surface area contributed by atoms with Crippen molar-refractivity contribution in [2.75, 3.05) is 38.3 Å². The predicted molar refractivity (Wildman–Crippen MR) is 53.7 cm³/mol. The van der Waals surface area contributed by atoms with Gasteiger partial charge in [-0.25, -0.2) is 8.42 Å². The molecule has 1 N–H and O–H groups in total. The highest BCUT2D eigenvalue weighted by Crippen LogP contribution is 1.91. The number of nitrogens with one attached hydrogen (secondary N) is 1. The van der Waals surface area contributed by atoms with Gasteiger partial charge in [-0.2, -0.15) is 0 Å². The molecule has 0 aliphatic carbocycles. The van der Waals surface area contributed by atoms with Crippen molar-refractivity contribution >= 4 is 9.84 Å². The molecule has 0 aliphatic rings. The minimum atomic E-state index is -2.82. The summed E-state index contributed by atoms with van der Waals surface area (Å²) >= 11 is 0. The Hall–Kier alpha value is -0.130. The van der Waals surface area contributed by atoms with Gasteiger partial charge in [-0.15, -0.1) is 0 Å². The molecule has 0 bridgehead atoms. The highest BCUT2D eigenvalue weighted by molar-refractivity contribution is 7.91. The van der Waals surface area contributed by atoms with Gasteiger partial charge >= 0.3 is 0 Å². The molecule has 0 unspecified atom stereocenters. The van der Waals surface area contributed by atoms with E-state index in [-0.39, 0.29) is 5.75 Å². The monoisotopic (exact) mass is 209 g/mol. The van der Waals surface area contributed by atoms with Gasteiger partial charge in [0.15, 0.2) is 9.84 Å². The molecule has 80 valence electrons. The highest BCUT2D eigenvalue weighted by Gasteiger charge is 2.07. The maximum atomic E-state index is 11.2. The largest absolute Gasteiger partial charge is 0.383 e. The molecule has 0 spiro atoms. The van der Waals surface area contributed by atoms with Crippen LogP contribution in [0, 0.1) is 0 Å². The van der Waals surface area contributed by atoms with E-state index in [2.05, 4.69) is 5.32 Å². The summed E-state index contributed by atoms with van der Waals surface area (Å²) in [5.74, 6) is 0.517. The van der Waals surface area contributed by atoms with Crippen LogP contribution in [0.1, 0.15) is 13.3 Å². The number of hydrogen-bond acceptors (Lipinski definition) is 4. The highest BCUT2D eigenvalue weighted by atomic mass is 32.2. The lowest BCUT2D eigenvalue weighted by Gasteiger charge is -2.04. The van der Waals surface area contributed by atoms with Crippen LogP contribution in [0.25, 0.3) is 0 Å². The van der Waals surface area contributed by atoms with E-state index in [0.29, 0.717) is 31.9 Å². The lowest BCUT2D eigenvalue weighted by atomic mass is 10.6. The molecular weight excluding hydrogens is 190 g/mol. The van der Waals surface area contributed by atoms with Gasteiger partial charge in [0, 0.05) is 26.0 Å². The first-order valence-electron chi connectivity index (χ1n) is 4.52. The zero-order valence-corrected chi connectivity index (χ0v) is 9.19. The number of rotatable bonds is 8. The zero-order chi connectivity index (χ0) is 10.2. The molecule has 0 saturated heterocycles. The molecule has 4 nitrogen and oxygen atoms in total. The van der Waals surface area contributed by atoms with Gasteiger partial charge in [-0.3, -0.25) is 0 Å². The first-order valence-corrected chi connectivity index (χ1v) is 6.34. The SMILES string of the molecule is CCCS(=O)(=O)CCNCCOC. The summed E-state index contributed by atoms with van der Waals surface area (Å²) < 4.78 is 27.2. The molecule has 0 aromatic carbocycles. The fourth-order valence-corrected chi connectivity index (χ4v) is 2.22. The fourth-order valence-electron chi connectivity index (χ4n) is 0.940. The first-order chi connectivity index (χ1) is 6.12. The summed E-state index contributed by atoms with van der Waals surface area (Å²) in [6.45, 7) is 3.72. The van der Waals surface area contributed by atoms with Crippen LogP contribution in [-0.2, 0) is 14.6 Å². The van der Waals surface area contributed by atoms with Crippen LogP contribution in [-0.4, -0.2) is 46.7 Å². The Bertz CT molecular complexity index is 201. The second-order valence-electron chi connectivity index (χ2n) is 2.89. The maximum absolute atomic E-state index is 11.2. The van der Waals surface area contributed by atoms with Crippen molar-refractivity contribution in [3.05, 3.63) is 0 Å². The Balaban J connectivity index is 3.41. The van der Waals surface area contributed by atoms with Crippen LogP contribution < -0.4 is 5.32 Å². The normalized spacial score (nSPS) is 11.8. The molecule has 0 rings (SSSR count). The van der Waals surface area contributed by atoms with Gasteiger partial charge in [0.1, 0.15) is 0 Å². The summed E-state index contributed by atoms with van der Waals surface area (Å²) in [5.41, 5.74) is 0. The van der Waals surface area contributed by atoms with Gasteiger partial charge in [0.2, 0.25) is 0 Å². The van der Waals surface area contributed by atoms with E-state index < -0.39 is 9.84 Å². The van der Waals surface area contributed by atoms with E-state index in [4.69, 9.17) is 4.74 Å². The predicted octanol–water partition coefficient (Wildman–Crippen LogP) is 0.0472. The van der Waals surface area contributed by atoms with Gasteiger partial charge in [-0.05, 0) is 6.42 Å². The van der Waals surface area contributed by atoms with E-state index in [9.17, 15) is 8.42 Å². The van der Waals surface area contributed by atoms with E-state index in [1.807, 2.05) is 6.92 Å². The van der Waals surface area contributed by atoms with Crippen molar-refractivity contribution in [2.24, 2.45) is 0 Å². The van der Waals surface area contributed by atoms with Gasteiger partial charge < -0.3 is 10.1 Å². The smallest absolute Gasteiger partial charge is 0.151 e. The summed E-state index contributed by atoms with van der Waals surface area (Å²) in [6, 6.07) is 0. The molecule has 0 saturated carbocycles. The molecule has 0 radical (unpaired) electrons. The van der Waals surface area contributed by atoms with Crippen LogP contribution in [0.15, 0.2) is 0 Å². The van der Waals surface area contributed by atoms with Crippen LogP contribution in [0.5, 0.6) is 0 Å². The van der Waals surface area contributed by atoms with E-state index >= 15 is 0 Å². The average Bonchev–Trinajstić information content (AvgIpc) is 2.04. The summed E-state index contributed by atoms with van der Waals surface area (Å²) in [5, 5.41) is 3.00. The molecular formula is C8H19NO3S. The Morgan fingerprint density at radius 3 is 2.46 bits per heavy atom. The van der Waals surface area contributed by atoms with E-state index in [1.165, 1.54) is 0 Å². The molecule has 0 heterocycles. The maximum Gasteiger partial charge on any atom is 0.151 e. The Kier molecular flexibility index (Phi) is 7.22. The molecule has 0 atom stereocenters. The molecule has 0 aromatic rings. The Labute approximate surface area is 80.6 Å². The molecule has 5 heteroatoms. The minimum absolute atomic E-state index is 0.227. The lowest BCUT2D eigenvalue weighted by molar-refractivity contribution is 0.200. The minimum Gasteiger partial charge on any atom is -0.383 e. The quantitative estimate of drug-likeness (QED) is 0.574. The molecule has 0 aromatic heterocycles. The molecule has 13 heavy (non-hydrogen) atoms. The van der Waals surface area contributed by atoms with Crippen molar-refractivity contribution in [2.45, 2.75) is 13.3 Å². The summed E-state index contributed by atoms with van der Waals surface area (Å²) in [7, 11) is -1.20. The van der Waals surface area contributed by atoms with Crippen molar-refractivity contribution in [1.82, 2.24) is 5.32 Å². The van der Waals surface area contributed by atoms with Crippen LogP contribution >= 0.6 is 0 Å². The van der Waals surface area contributed by atoms with Crippen molar-refractivity contribution in [1.29, 1.82) is 0 Å². The van der Waals surface area contributed by atoms with Crippen molar-refractivity contribution < 1.29 is 13.2 Å². The second kappa shape index (κ2) is 7.29. The topological polar surface area (TPSA) is 55.4 Å². The molecule has 0 aliphatic heterocycles. The molecule has 0 fully saturated rings. The Morgan fingerprint density at radius 2 is 1.92 bits per heavy atom. The Morgan fingerprint density at radius 1 is 1.23 bits per heavy atom. The van der Waals surface area contributed by atoms with Crippen molar-refractivity contribution in [3.8, 4) is 0 Å². The number of sulfone groups is 1. The molecule has 0 amide bonds. The van der Waals surface area contributed by atoms with Gasteiger partial charge in [0.25, 0.3) is 0 Å². The van der Waals surface area contributed by atoms with E-state index in [1.54, 1.807) is 7.11 Å². The van der Waals surface area contributed by atoms with Crippen LogP contribution in [0.3, 0.4) is 0 Å². The van der Waals surface area contributed by atoms with Gasteiger partial charge in [-0.1, -0.05) is 6.92 Å². The number of ether oxygens (including phenoxy) is 1. The number of methoxy groups -OCH3 is 1. The summed E-state index contributed by atoms with van der Waals surface area (Å²) in [6.07, 6.45) is 0.695. The van der Waals surface area contributed by atoms with Crippen molar-refractivity contribution in [3.63, 3.8) is 0 Å². The summed E-state index contributed by atoms with van der Waals surface area (Å²) in [4.78, 5) is 0. The average molecular weight is 209 g/mol. The fraction of sp³-hybridized carbons (Fsp3) is 1.00. The lowest BCUT2D eigenvalue weighted by Crippen LogP contribution is -2.26. The third-order valence-corrected chi connectivity index (χ3v) is 3.44. The third-order valence-electron chi connectivity index (χ3n) is 1.59. The second-order valence-corrected chi connectivity index (χ2v) is 5.20. The number of hydrogen-bond donors (Lipinski definition) is 1.